The van der Waals surface area contributed by atoms with Gasteiger partial charge in [0.25, 0.3) is 0 Å². The highest BCUT2D eigenvalue weighted by Gasteiger charge is 2.19. The first-order valence-electron chi connectivity index (χ1n) is 7.52. The first-order valence-corrected chi connectivity index (χ1v) is 7.52. The first-order chi connectivity index (χ1) is 9.86. The fourth-order valence-electron chi connectivity index (χ4n) is 2.97. The van der Waals surface area contributed by atoms with E-state index in [1.807, 2.05) is 6.08 Å². The Labute approximate surface area is 120 Å². The third-order valence-electron chi connectivity index (χ3n) is 4.15. The number of rotatable bonds is 4. The lowest BCUT2D eigenvalue weighted by molar-refractivity contribution is 0.283. The van der Waals surface area contributed by atoms with Gasteiger partial charge in [0.15, 0.2) is 0 Å². The number of aromatic nitrogens is 2. The van der Waals surface area contributed by atoms with Gasteiger partial charge in [-0.25, -0.2) is 9.97 Å². The molecular weight excluding hydrogens is 250 g/mol. The summed E-state index contributed by atoms with van der Waals surface area (Å²) in [5.41, 5.74) is 0. The molecule has 5 nitrogen and oxygen atoms in total. The lowest BCUT2D eigenvalue weighted by atomic mass is 10.3. The molecule has 0 N–H and O–H groups in total. The van der Waals surface area contributed by atoms with E-state index in [-0.39, 0.29) is 0 Å². The van der Waals surface area contributed by atoms with Crippen molar-refractivity contribution in [1.29, 1.82) is 0 Å². The Morgan fingerprint density at radius 1 is 0.950 bits per heavy atom. The Hall–Kier alpha value is -1.62. The van der Waals surface area contributed by atoms with Crippen molar-refractivity contribution in [3.8, 4) is 0 Å². The maximum absolute atomic E-state index is 4.45. The molecular formula is C15H23N5. The summed E-state index contributed by atoms with van der Waals surface area (Å²) in [6.45, 7) is 11.3. The number of hydrogen-bond acceptors (Lipinski definition) is 5. The van der Waals surface area contributed by atoms with Gasteiger partial charge in [-0.15, -0.1) is 6.58 Å². The van der Waals surface area contributed by atoms with Crippen LogP contribution in [-0.2, 0) is 0 Å². The third kappa shape index (κ3) is 2.93. The monoisotopic (exact) mass is 273 g/mol. The van der Waals surface area contributed by atoms with Crippen molar-refractivity contribution in [2.24, 2.45) is 0 Å². The Morgan fingerprint density at radius 3 is 2.15 bits per heavy atom. The minimum absolute atomic E-state index is 0.983. The molecule has 2 fully saturated rings. The standard InChI is InChI=1S/C15H23N5/c1-2-5-18-8-10-20(11-9-18)15-12-14(16-13-17-15)19-6-3-4-7-19/h2,12-13H,1,3-11H2. The molecule has 2 aliphatic heterocycles. The third-order valence-corrected chi connectivity index (χ3v) is 4.15. The van der Waals surface area contributed by atoms with Gasteiger partial charge in [-0.3, -0.25) is 4.90 Å². The van der Waals surface area contributed by atoms with E-state index in [4.69, 9.17) is 0 Å². The minimum Gasteiger partial charge on any atom is -0.356 e. The van der Waals surface area contributed by atoms with E-state index >= 15 is 0 Å². The predicted octanol–water partition coefficient (Wildman–Crippen LogP) is 1.38. The van der Waals surface area contributed by atoms with Crippen LogP contribution in [0.25, 0.3) is 0 Å². The molecule has 0 bridgehead atoms. The summed E-state index contributed by atoms with van der Waals surface area (Å²) in [5.74, 6) is 2.15. The Morgan fingerprint density at radius 2 is 1.55 bits per heavy atom. The van der Waals surface area contributed by atoms with Crippen molar-refractivity contribution in [2.75, 3.05) is 55.6 Å². The van der Waals surface area contributed by atoms with Gasteiger partial charge in [-0.1, -0.05) is 6.08 Å². The highest BCUT2D eigenvalue weighted by Crippen LogP contribution is 2.22. The molecule has 5 heteroatoms. The zero-order valence-electron chi connectivity index (χ0n) is 12.0. The summed E-state index contributed by atoms with van der Waals surface area (Å²) in [4.78, 5) is 16.0. The average molecular weight is 273 g/mol. The van der Waals surface area contributed by atoms with Crippen LogP contribution in [0, 0.1) is 0 Å². The summed E-state index contributed by atoms with van der Waals surface area (Å²) >= 11 is 0. The molecule has 1 aromatic heterocycles. The van der Waals surface area contributed by atoms with E-state index in [0.717, 1.165) is 57.4 Å². The van der Waals surface area contributed by atoms with Gasteiger partial charge in [0.05, 0.1) is 0 Å². The molecule has 0 unspecified atom stereocenters. The Bertz CT molecular complexity index is 447. The summed E-state index contributed by atoms with van der Waals surface area (Å²) in [7, 11) is 0. The van der Waals surface area contributed by atoms with Crippen LogP contribution in [0.5, 0.6) is 0 Å². The number of nitrogens with zero attached hydrogens (tertiary/aromatic N) is 5. The number of anilines is 2. The molecule has 0 amide bonds. The van der Waals surface area contributed by atoms with Crippen LogP contribution >= 0.6 is 0 Å². The number of hydrogen-bond donors (Lipinski definition) is 0. The SMILES string of the molecule is C=CCN1CCN(c2cc(N3CCCC3)ncn2)CC1. The fourth-order valence-corrected chi connectivity index (χ4v) is 2.97. The molecule has 20 heavy (non-hydrogen) atoms. The van der Waals surface area contributed by atoms with Gasteiger partial charge in [0, 0.05) is 51.9 Å². The molecule has 0 spiro atoms. The van der Waals surface area contributed by atoms with Crippen molar-refractivity contribution in [2.45, 2.75) is 12.8 Å². The maximum atomic E-state index is 4.45. The molecule has 0 atom stereocenters. The molecule has 0 radical (unpaired) electrons. The van der Waals surface area contributed by atoms with Crippen molar-refractivity contribution >= 4 is 11.6 Å². The molecule has 0 aliphatic carbocycles. The molecule has 3 heterocycles. The molecule has 3 rings (SSSR count). The normalized spacial score (nSPS) is 20.4. The second-order valence-electron chi connectivity index (χ2n) is 5.50. The van der Waals surface area contributed by atoms with Gasteiger partial charge >= 0.3 is 0 Å². The second kappa shape index (κ2) is 6.22. The van der Waals surface area contributed by atoms with Crippen LogP contribution < -0.4 is 9.80 Å². The van der Waals surface area contributed by atoms with Gasteiger partial charge < -0.3 is 9.80 Å². The van der Waals surface area contributed by atoms with Crippen molar-refractivity contribution < 1.29 is 0 Å². The van der Waals surface area contributed by atoms with E-state index in [9.17, 15) is 0 Å². The summed E-state index contributed by atoms with van der Waals surface area (Å²) in [5, 5.41) is 0. The highest BCUT2D eigenvalue weighted by molar-refractivity contribution is 5.50. The van der Waals surface area contributed by atoms with Crippen molar-refractivity contribution in [3.05, 3.63) is 25.0 Å². The Kier molecular flexibility index (Phi) is 4.16. The van der Waals surface area contributed by atoms with Crippen LogP contribution in [0.4, 0.5) is 11.6 Å². The molecule has 2 saturated heterocycles. The van der Waals surface area contributed by atoms with E-state index in [2.05, 4.69) is 37.3 Å². The summed E-state index contributed by atoms with van der Waals surface area (Å²) < 4.78 is 0. The summed E-state index contributed by atoms with van der Waals surface area (Å²) in [6.07, 6.45) is 6.24. The molecule has 2 aliphatic rings. The largest absolute Gasteiger partial charge is 0.356 e. The second-order valence-corrected chi connectivity index (χ2v) is 5.50. The van der Waals surface area contributed by atoms with Crippen LogP contribution in [-0.4, -0.2) is 60.7 Å². The van der Waals surface area contributed by atoms with Gasteiger partial charge in [-0.2, -0.15) is 0 Å². The molecule has 1 aromatic rings. The van der Waals surface area contributed by atoms with E-state index in [1.165, 1.54) is 12.8 Å². The lowest BCUT2D eigenvalue weighted by Crippen LogP contribution is -2.46. The highest BCUT2D eigenvalue weighted by atomic mass is 15.3. The zero-order chi connectivity index (χ0) is 13.8. The van der Waals surface area contributed by atoms with Gasteiger partial charge in [-0.05, 0) is 12.8 Å². The van der Waals surface area contributed by atoms with Crippen molar-refractivity contribution in [3.63, 3.8) is 0 Å². The van der Waals surface area contributed by atoms with Crippen molar-refractivity contribution in [1.82, 2.24) is 14.9 Å². The quantitative estimate of drug-likeness (QED) is 0.775. The van der Waals surface area contributed by atoms with Gasteiger partial charge in [0.1, 0.15) is 18.0 Å². The van der Waals surface area contributed by atoms with Crippen LogP contribution in [0.3, 0.4) is 0 Å². The van der Waals surface area contributed by atoms with Gasteiger partial charge in [0.2, 0.25) is 0 Å². The maximum Gasteiger partial charge on any atom is 0.134 e. The van der Waals surface area contributed by atoms with E-state index in [1.54, 1.807) is 6.33 Å². The molecule has 108 valence electrons. The first kappa shape index (κ1) is 13.4. The molecule has 0 aromatic carbocycles. The predicted molar refractivity (Wildman–Crippen MR) is 82.3 cm³/mol. The zero-order valence-corrected chi connectivity index (χ0v) is 12.0. The smallest absolute Gasteiger partial charge is 0.134 e. The van der Waals surface area contributed by atoms with Crippen LogP contribution in [0.2, 0.25) is 0 Å². The summed E-state index contributed by atoms with van der Waals surface area (Å²) in [6, 6.07) is 2.15. The minimum atomic E-state index is 0.983. The fraction of sp³-hybridized carbons (Fsp3) is 0.600. The van der Waals surface area contributed by atoms with Crippen LogP contribution in [0.1, 0.15) is 12.8 Å². The van der Waals surface area contributed by atoms with E-state index in [0.29, 0.717) is 0 Å². The van der Waals surface area contributed by atoms with Crippen LogP contribution in [0.15, 0.2) is 25.0 Å². The Balaban J connectivity index is 1.65. The molecule has 0 saturated carbocycles. The number of piperazine rings is 1. The van der Waals surface area contributed by atoms with E-state index < -0.39 is 0 Å². The lowest BCUT2D eigenvalue weighted by Gasteiger charge is -2.35. The topological polar surface area (TPSA) is 35.5 Å². The average Bonchev–Trinajstić information content (AvgIpc) is 3.03.